The summed E-state index contributed by atoms with van der Waals surface area (Å²) < 4.78 is -0.431. The minimum atomic E-state index is -0.431. The van der Waals surface area contributed by atoms with E-state index in [-0.39, 0.29) is 5.91 Å². The maximum absolute atomic E-state index is 10.6. The van der Waals surface area contributed by atoms with Crippen LogP contribution in [0.5, 0.6) is 0 Å². The fourth-order valence-electron chi connectivity index (χ4n) is 0.249. The van der Waals surface area contributed by atoms with E-state index in [1.54, 1.807) is 10.8 Å². The van der Waals surface area contributed by atoms with Crippen molar-refractivity contribution >= 4 is 27.5 Å². The van der Waals surface area contributed by atoms with Gasteiger partial charge in [-0.1, -0.05) is 21.6 Å². The van der Waals surface area contributed by atoms with Gasteiger partial charge in [-0.25, -0.2) is 0 Å². The summed E-state index contributed by atoms with van der Waals surface area (Å²) in [5.74, 6) is -0.262. The number of amides is 1. The number of carbonyl (C=O) groups is 1. The molecular weight excluding hydrogens is 154 g/mol. The van der Waals surface area contributed by atoms with E-state index >= 15 is 0 Å². The van der Waals surface area contributed by atoms with Gasteiger partial charge >= 0.3 is 0 Å². The Morgan fingerprint density at radius 1 is 1.56 bits per heavy atom. The minimum absolute atomic E-state index is 0.262. The molecule has 0 radical (unpaired) electrons. The van der Waals surface area contributed by atoms with Gasteiger partial charge in [0.05, 0.1) is 4.75 Å². The summed E-state index contributed by atoms with van der Waals surface area (Å²) in [5.41, 5.74) is 5.08. The molecule has 0 aromatic carbocycles. The van der Waals surface area contributed by atoms with Crippen molar-refractivity contribution in [3.05, 3.63) is 0 Å². The lowest BCUT2D eigenvalue weighted by atomic mass is 10.2. The van der Waals surface area contributed by atoms with E-state index in [2.05, 4.69) is 0 Å². The second-order valence-corrected chi connectivity index (χ2v) is 5.15. The summed E-state index contributed by atoms with van der Waals surface area (Å²) in [5, 5.41) is 0. The van der Waals surface area contributed by atoms with Crippen LogP contribution < -0.4 is 5.73 Å². The molecule has 0 rings (SSSR count). The first-order chi connectivity index (χ1) is 4.00. The molecule has 0 saturated heterocycles. The van der Waals surface area contributed by atoms with Gasteiger partial charge in [0.15, 0.2) is 0 Å². The van der Waals surface area contributed by atoms with Crippen LogP contribution in [0.1, 0.15) is 13.8 Å². The molecule has 0 bridgehead atoms. The summed E-state index contributed by atoms with van der Waals surface area (Å²) in [7, 11) is 3.04. The Morgan fingerprint density at radius 3 is 2.11 bits per heavy atom. The van der Waals surface area contributed by atoms with Crippen molar-refractivity contribution in [1.82, 2.24) is 0 Å². The average Bonchev–Trinajstić information content (AvgIpc) is 1.65. The predicted octanol–water partition coefficient (Wildman–Crippen LogP) is 1.26. The Kier molecular flexibility index (Phi) is 3.43. The van der Waals surface area contributed by atoms with E-state index in [4.69, 9.17) is 5.73 Å². The molecular formula is C5H11NOS2. The van der Waals surface area contributed by atoms with Gasteiger partial charge < -0.3 is 5.73 Å². The Hall–Kier alpha value is 0.170. The van der Waals surface area contributed by atoms with Gasteiger partial charge in [-0.2, -0.15) is 0 Å². The topological polar surface area (TPSA) is 43.1 Å². The van der Waals surface area contributed by atoms with Gasteiger partial charge in [0, 0.05) is 0 Å². The normalized spacial score (nSPS) is 11.4. The van der Waals surface area contributed by atoms with E-state index in [0.29, 0.717) is 0 Å². The smallest absolute Gasteiger partial charge is 0.233 e. The molecule has 0 aliphatic rings. The lowest BCUT2D eigenvalue weighted by molar-refractivity contribution is -0.119. The van der Waals surface area contributed by atoms with Gasteiger partial charge in [-0.15, -0.1) is 0 Å². The van der Waals surface area contributed by atoms with Crippen LogP contribution in [0.4, 0.5) is 0 Å². The Bertz CT molecular complexity index is 114. The number of carbonyl (C=O) groups excluding carboxylic acids is 1. The number of nitrogens with two attached hydrogens (primary N) is 1. The van der Waals surface area contributed by atoms with E-state index < -0.39 is 4.75 Å². The third kappa shape index (κ3) is 3.01. The molecule has 1 amide bonds. The third-order valence-electron chi connectivity index (χ3n) is 0.885. The van der Waals surface area contributed by atoms with Gasteiger partial charge in [0.1, 0.15) is 0 Å². The summed E-state index contributed by atoms with van der Waals surface area (Å²) in [6, 6.07) is 0. The average molecular weight is 165 g/mol. The fraction of sp³-hybridized carbons (Fsp3) is 0.800. The van der Waals surface area contributed by atoms with Crippen molar-refractivity contribution in [1.29, 1.82) is 0 Å². The molecule has 54 valence electrons. The van der Waals surface area contributed by atoms with Crippen LogP contribution in [0.2, 0.25) is 0 Å². The number of hydrogen-bond donors (Lipinski definition) is 1. The molecule has 2 nitrogen and oxygen atoms in total. The number of primary amides is 1. The van der Waals surface area contributed by atoms with Crippen LogP contribution in [0, 0.1) is 0 Å². The SMILES string of the molecule is CSSC(C)(C)C(N)=O. The molecule has 2 N–H and O–H groups in total. The lowest BCUT2D eigenvalue weighted by Crippen LogP contribution is -2.33. The first-order valence-corrected chi connectivity index (χ1v) is 5.08. The van der Waals surface area contributed by atoms with Crippen LogP contribution >= 0.6 is 21.6 Å². The van der Waals surface area contributed by atoms with E-state index in [1.165, 1.54) is 10.8 Å². The number of rotatable bonds is 3. The highest BCUT2D eigenvalue weighted by Crippen LogP contribution is 2.32. The molecule has 0 atom stereocenters. The van der Waals surface area contributed by atoms with Crippen molar-refractivity contribution in [2.45, 2.75) is 18.6 Å². The first kappa shape index (κ1) is 9.17. The van der Waals surface area contributed by atoms with Crippen LogP contribution in [0.3, 0.4) is 0 Å². The van der Waals surface area contributed by atoms with Gasteiger partial charge in [0.25, 0.3) is 0 Å². The fourth-order valence-corrected chi connectivity index (χ4v) is 2.24. The summed E-state index contributed by atoms with van der Waals surface area (Å²) in [4.78, 5) is 10.6. The van der Waals surface area contributed by atoms with Crippen molar-refractivity contribution in [2.24, 2.45) is 5.73 Å². The Balaban J connectivity index is 3.85. The summed E-state index contributed by atoms with van der Waals surface area (Å²) >= 11 is 0. The van der Waals surface area contributed by atoms with E-state index in [1.807, 2.05) is 20.1 Å². The molecule has 0 aliphatic heterocycles. The maximum atomic E-state index is 10.6. The molecule has 0 aromatic heterocycles. The zero-order valence-electron chi connectivity index (χ0n) is 5.80. The minimum Gasteiger partial charge on any atom is -0.368 e. The molecule has 4 heteroatoms. The van der Waals surface area contributed by atoms with Crippen LogP contribution in [0.25, 0.3) is 0 Å². The molecule has 0 heterocycles. The highest BCUT2D eigenvalue weighted by Gasteiger charge is 2.24. The Morgan fingerprint density at radius 2 is 2.00 bits per heavy atom. The van der Waals surface area contributed by atoms with E-state index in [9.17, 15) is 4.79 Å². The predicted molar refractivity (Wildman–Crippen MR) is 44.4 cm³/mol. The van der Waals surface area contributed by atoms with Gasteiger partial charge in [-0.3, -0.25) is 4.79 Å². The van der Waals surface area contributed by atoms with Crippen LogP contribution in [-0.4, -0.2) is 16.9 Å². The quantitative estimate of drug-likeness (QED) is 0.640. The number of hydrogen-bond acceptors (Lipinski definition) is 3. The van der Waals surface area contributed by atoms with Crippen LogP contribution in [-0.2, 0) is 4.79 Å². The summed E-state index contributed by atoms with van der Waals surface area (Å²) in [6.45, 7) is 3.63. The largest absolute Gasteiger partial charge is 0.368 e. The molecule has 0 aromatic rings. The van der Waals surface area contributed by atoms with Gasteiger partial charge in [-0.05, 0) is 20.1 Å². The zero-order valence-corrected chi connectivity index (χ0v) is 7.44. The standard InChI is InChI=1S/C5H11NOS2/c1-5(2,4(6)7)9-8-3/h1-3H3,(H2,6,7). The lowest BCUT2D eigenvalue weighted by Gasteiger charge is -2.16. The zero-order chi connectivity index (χ0) is 7.49. The first-order valence-electron chi connectivity index (χ1n) is 2.52. The molecule has 0 saturated carbocycles. The molecule has 9 heavy (non-hydrogen) atoms. The molecule has 0 aliphatic carbocycles. The van der Waals surface area contributed by atoms with Crippen molar-refractivity contribution in [3.8, 4) is 0 Å². The monoisotopic (exact) mass is 165 g/mol. The Labute approximate surface area is 63.3 Å². The molecule has 0 unspecified atom stereocenters. The van der Waals surface area contributed by atoms with Crippen molar-refractivity contribution in [3.63, 3.8) is 0 Å². The van der Waals surface area contributed by atoms with Crippen molar-refractivity contribution in [2.75, 3.05) is 6.26 Å². The van der Waals surface area contributed by atoms with Crippen molar-refractivity contribution < 1.29 is 4.79 Å². The van der Waals surface area contributed by atoms with Crippen LogP contribution in [0.15, 0.2) is 0 Å². The second-order valence-electron chi connectivity index (χ2n) is 2.12. The summed E-state index contributed by atoms with van der Waals surface area (Å²) in [6.07, 6.45) is 1.93. The molecule has 0 fully saturated rings. The van der Waals surface area contributed by atoms with Gasteiger partial charge in [0.2, 0.25) is 5.91 Å². The highest BCUT2D eigenvalue weighted by atomic mass is 33.1. The highest BCUT2D eigenvalue weighted by molar-refractivity contribution is 8.77. The maximum Gasteiger partial charge on any atom is 0.233 e. The van der Waals surface area contributed by atoms with E-state index in [0.717, 1.165) is 0 Å². The third-order valence-corrected chi connectivity index (χ3v) is 3.42. The molecule has 0 spiro atoms. The second kappa shape index (κ2) is 3.37.